The molecule has 0 aliphatic carbocycles. The van der Waals surface area contributed by atoms with Crippen LogP contribution in [0, 0.1) is 0 Å². The van der Waals surface area contributed by atoms with E-state index in [-0.39, 0.29) is 12.1 Å². The summed E-state index contributed by atoms with van der Waals surface area (Å²) >= 11 is 0. The molecular weight excluding hydrogens is 846 g/mol. The second-order valence-corrected chi connectivity index (χ2v) is 19.4. The highest BCUT2D eigenvalue weighted by molar-refractivity contribution is 7.39. The van der Waals surface area contributed by atoms with E-state index in [1.54, 1.807) is 0 Å². The number of hydrogen-bond acceptors (Lipinski definition) is 3. The van der Waals surface area contributed by atoms with Crippen molar-refractivity contribution in [1.29, 1.82) is 0 Å². The van der Waals surface area contributed by atoms with E-state index in [1.807, 2.05) is 0 Å². The molecule has 0 N–H and O–H groups in total. The molecule has 0 aliphatic heterocycles. The Labute approximate surface area is 395 Å². The Morgan fingerprint density at radius 1 is 0.324 bits per heavy atom. The molecule has 0 radical (unpaired) electrons. The van der Waals surface area contributed by atoms with Gasteiger partial charge in [-0.15, -0.1) is 0 Å². The third-order valence-corrected chi connectivity index (χ3v) is 16.0. The van der Waals surface area contributed by atoms with Crippen molar-refractivity contribution in [3.63, 3.8) is 0 Å². The van der Waals surface area contributed by atoms with Gasteiger partial charge in [0, 0.05) is 45.1 Å². The largest absolute Gasteiger partial charge is 0.407 e. The predicted octanol–water partition coefficient (Wildman–Crippen LogP) is 19.0. The van der Waals surface area contributed by atoms with Crippen LogP contribution < -0.4 is 4.67 Å². The van der Waals surface area contributed by atoms with E-state index in [0.717, 1.165) is 65.7 Å². The van der Waals surface area contributed by atoms with Gasteiger partial charge in [0.05, 0.1) is 0 Å². The van der Waals surface area contributed by atoms with Crippen molar-refractivity contribution in [3.05, 3.63) is 242 Å². The van der Waals surface area contributed by atoms with Crippen molar-refractivity contribution in [1.82, 2.24) is 0 Å². The Hall–Kier alpha value is -7.94. The lowest BCUT2D eigenvalue weighted by Gasteiger charge is -2.32. The maximum absolute atomic E-state index is 8.06. The van der Waals surface area contributed by atoms with Gasteiger partial charge in [-0.3, -0.25) is 0 Å². The highest BCUT2D eigenvalue weighted by Gasteiger charge is 2.31. The summed E-state index contributed by atoms with van der Waals surface area (Å²) in [7, 11) is -1.92. The Kier molecular flexibility index (Phi) is 9.75. The molecule has 324 valence electrons. The second kappa shape index (κ2) is 16.4. The van der Waals surface area contributed by atoms with E-state index in [4.69, 9.17) is 8.39 Å². The summed E-state index contributed by atoms with van der Waals surface area (Å²) in [6, 6.07) is 83.7. The normalized spacial score (nSPS) is 12.9. The summed E-state index contributed by atoms with van der Waals surface area (Å²) < 4.78 is 18.6. The van der Waals surface area contributed by atoms with E-state index in [1.165, 1.54) is 54.2 Å². The standard InChI is InChI=1S/C64H46NO2P/c1-41(43-21-5-3-6-22-43)65(42(2)44-23-7-4-8-24-44)68-66-63-57(59-51-31-15-9-25-45(51)37-46-26-10-16-32-52(46)59)39-49-29-13-19-35-55(49)61(63)62-56-36-20-14-30-50(56)40-58(64(62)67-68)60-53-33-17-11-27-47(53)38-48-28-12-18-34-54(48)60/h3-42H,1-2H3. The molecule has 3 nitrogen and oxygen atoms in total. The van der Waals surface area contributed by atoms with Gasteiger partial charge in [0.15, 0.2) is 11.2 Å². The monoisotopic (exact) mass is 891 g/mol. The average Bonchev–Trinajstić information content (AvgIpc) is 3.58. The minimum atomic E-state index is -1.92. The molecule has 4 heteroatoms. The Morgan fingerprint density at radius 2 is 0.603 bits per heavy atom. The fourth-order valence-electron chi connectivity index (χ4n) is 11.0. The molecule has 1 aromatic heterocycles. The topological polar surface area (TPSA) is 29.5 Å². The van der Waals surface area contributed by atoms with E-state index < -0.39 is 8.16 Å². The van der Waals surface area contributed by atoms with E-state index in [9.17, 15) is 0 Å². The van der Waals surface area contributed by atoms with Crippen LogP contribution in [0.15, 0.2) is 239 Å². The average molecular weight is 892 g/mol. The first-order valence-electron chi connectivity index (χ1n) is 23.6. The van der Waals surface area contributed by atoms with Gasteiger partial charge in [-0.2, -0.15) is 4.67 Å². The quantitative estimate of drug-likeness (QED) is 0.149. The molecule has 13 aromatic rings. The van der Waals surface area contributed by atoms with Gasteiger partial charge in [0.25, 0.3) is 0 Å². The fourth-order valence-corrected chi connectivity index (χ4v) is 12.7. The summed E-state index contributed by atoms with van der Waals surface area (Å²) in [6.07, 6.45) is 0. The third kappa shape index (κ3) is 6.54. The number of benzene rings is 12. The van der Waals surface area contributed by atoms with Gasteiger partial charge in [0.1, 0.15) is 0 Å². The molecule has 0 bridgehead atoms. The summed E-state index contributed by atoms with van der Waals surface area (Å²) in [5.74, 6) is 0. The molecule has 0 saturated heterocycles. The van der Waals surface area contributed by atoms with Crippen LogP contribution in [0.1, 0.15) is 37.1 Å². The first-order chi connectivity index (χ1) is 33.6. The fraction of sp³-hybridized carbons (Fsp3) is 0.0625. The zero-order valence-electron chi connectivity index (χ0n) is 37.8. The first-order valence-corrected chi connectivity index (χ1v) is 24.7. The van der Waals surface area contributed by atoms with Crippen LogP contribution >= 0.6 is 8.16 Å². The van der Waals surface area contributed by atoms with Gasteiger partial charge in [-0.05, 0) is 114 Å². The Morgan fingerprint density at radius 3 is 0.941 bits per heavy atom. The lowest BCUT2D eigenvalue weighted by Crippen LogP contribution is -2.27. The van der Waals surface area contributed by atoms with Crippen molar-refractivity contribution < 1.29 is 8.39 Å². The zero-order chi connectivity index (χ0) is 45.3. The molecule has 68 heavy (non-hydrogen) atoms. The molecule has 2 unspecified atom stereocenters. The van der Waals surface area contributed by atoms with Gasteiger partial charge >= 0.3 is 8.16 Å². The molecule has 13 rings (SSSR count). The summed E-state index contributed by atoms with van der Waals surface area (Å²) in [5, 5.41) is 16.0. The molecule has 0 fully saturated rings. The number of nitrogens with zero attached hydrogens (tertiary/aromatic N) is 1. The lowest BCUT2D eigenvalue weighted by molar-refractivity contribution is 0.559. The minimum Gasteiger partial charge on any atom is -0.407 e. The van der Waals surface area contributed by atoms with E-state index >= 15 is 0 Å². The first kappa shape index (κ1) is 40.3. The molecular formula is C64H46NO2P. The van der Waals surface area contributed by atoms with Gasteiger partial charge < -0.3 is 8.39 Å². The molecule has 12 aromatic carbocycles. The molecule has 0 saturated carbocycles. The van der Waals surface area contributed by atoms with Gasteiger partial charge in [-0.25, -0.2) is 0 Å². The van der Waals surface area contributed by atoms with Crippen molar-refractivity contribution in [2.45, 2.75) is 25.9 Å². The second-order valence-electron chi connectivity index (χ2n) is 18.1. The number of rotatable bonds is 7. The van der Waals surface area contributed by atoms with Crippen molar-refractivity contribution >= 4 is 94.7 Å². The summed E-state index contributed by atoms with van der Waals surface area (Å²) in [5.41, 5.74) is 8.41. The van der Waals surface area contributed by atoms with Crippen LogP contribution in [0.2, 0.25) is 0 Å². The highest BCUT2D eigenvalue weighted by Crippen LogP contribution is 2.53. The maximum Gasteiger partial charge on any atom is 0.310 e. The van der Waals surface area contributed by atoms with Gasteiger partial charge in [0.2, 0.25) is 0 Å². The van der Waals surface area contributed by atoms with E-state index in [2.05, 4.69) is 249 Å². The van der Waals surface area contributed by atoms with Crippen molar-refractivity contribution in [2.75, 3.05) is 4.67 Å². The molecule has 0 aliphatic rings. The van der Waals surface area contributed by atoms with Crippen LogP contribution in [0.25, 0.3) is 109 Å². The smallest absolute Gasteiger partial charge is 0.310 e. The maximum atomic E-state index is 8.06. The molecule has 2 atom stereocenters. The SMILES string of the molecule is CC(c1ccccc1)N(C(C)c1ccccc1)p1oc2c(-c3c4ccccc4cc4ccccc34)cc3ccccc3c2c2c(o1)c(-c1c3ccccc3cc3ccccc13)cc1ccccc12. The van der Waals surface area contributed by atoms with Crippen LogP contribution in [0.5, 0.6) is 0 Å². The zero-order valence-corrected chi connectivity index (χ0v) is 38.7. The molecule has 1 heterocycles. The van der Waals surface area contributed by atoms with Crippen LogP contribution in [0.3, 0.4) is 0 Å². The lowest BCUT2D eigenvalue weighted by atomic mass is 9.87. The number of hydrogen-bond donors (Lipinski definition) is 0. The van der Waals surface area contributed by atoms with Crippen molar-refractivity contribution in [2.24, 2.45) is 0 Å². The summed E-state index contributed by atoms with van der Waals surface area (Å²) in [6.45, 7) is 4.60. The van der Waals surface area contributed by atoms with Crippen molar-refractivity contribution in [3.8, 4) is 22.3 Å². The molecule has 0 amide bonds. The van der Waals surface area contributed by atoms with Crippen LogP contribution in [-0.2, 0) is 0 Å². The van der Waals surface area contributed by atoms with E-state index in [0.29, 0.717) is 0 Å². The predicted molar refractivity (Wildman–Crippen MR) is 290 cm³/mol. The number of fused-ring (bicyclic) bond motifs is 11. The Balaban J connectivity index is 1.31. The third-order valence-electron chi connectivity index (χ3n) is 14.2. The molecule has 0 spiro atoms. The van der Waals surface area contributed by atoms with Crippen LogP contribution in [-0.4, -0.2) is 0 Å². The highest BCUT2D eigenvalue weighted by atomic mass is 31.1. The summed E-state index contributed by atoms with van der Waals surface area (Å²) in [4.78, 5) is 0. The minimum absolute atomic E-state index is 0.105. The Bertz CT molecular complexity index is 3770. The van der Waals surface area contributed by atoms with Gasteiger partial charge in [-0.1, -0.05) is 206 Å². The van der Waals surface area contributed by atoms with Crippen LogP contribution in [0.4, 0.5) is 0 Å².